The molecule has 0 aliphatic carbocycles. The van der Waals surface area contributed by atoms with E-state index in [2.05, 4.69) is 10.3 Å². The average molecular weight is 413 g/mol. The molecule has 1 aliphatic rings. The van der Waals surface area contributed by atoms with Crippen LogP contribution in [-0.2, 0) is 11.8 Å². The van der Waals surface area contributed by atoms with Gasteiger partial charge in [0.2, 0.25) is 0 Å². The molecule has 1 aromatic heterocycles. The molecule has 4 atom stereocenters. The monoisotopic (exact) mass is 413 g/mol. The Balaban J connectivity index is 2.28. The van der Waals surface area contributed by atoms with Crippen molar-refractivity contribution in [2.75, 3.05) is 19.0 Å². The van der Waals surface area contributed by atoms with E-state index in [1.165, 1.54) is 18.7 Å². The fourth-order valence-electron chi connectivity index (χ4n) is 1.90. The second kappa shape index (κ2) is 6.44. The van der Waals surface area contributed by atoms with Crippen LogP contribution in [0.5, 0.6) is 6.01 Å². The molecular weight excluding hydrogens is 397 g/mol. The van der Waals surface area contributed by atoms with Crippen LogP contribution in [0.15, 0.2) is 4.79 Å². The summed E-state index contributed by atoms with van der Waals surface area (Å²) in [6.07, 6.45) is -4.87. The van der Waals surface area contributed by atoms with Gasteiger partial charge in [-0.3, -0.25) is 9.36 Å². The van der Waals surface area contributed by atoms with Crippen LogP contribution in [-0.4, -0.2) is 63.1 Å². The Labute approximate surface area is 133 Å². The highest BCUT2D eigenvalue weighted by Crippen LogP contribution is 2.21. The predicted octanol–water partition coefficient (Wildman–Crippen LogP) is -1.76. The predicted molar refractivity (Wildman–Crippen MR) is 80.1 cm³/mol. The summed E-state index contributed by atoms with van der Waals surface area (Å²) in [5, 5.41) is 31.6. The van der Waals surface area contributed by atoms with E-state index in [4.69, 9.17) is 9.47 Å². The van der Waals surface area contributed by atoms with Gasteiger partial charge in [-0.1, -0.05) is 0 Å². The second-order valence-corrected chi connectivity index (χ2v) is 5.65. The first-order chi connectivity index (χ1) is 9.86. The van der Waals surface area contributed by atoms with Crippen LogP contribution in [0.2, 0.25) is 0 Å². The Morgan fingerprint density at radius 2 is 2.10 bits per heavy atom. The lowest BCUT2D eigenvalue weighted by Gasteiger charge is -2.35. The van der Waals surface area contributed by atoms with Gasteiger partial charge in [-0.05, 0) is 22.6 Å². The molecule has 1 saturated heterocycles. The maximum absolute atomic E-state index is 12.0. The molecule has 0 bridgehead atoms. The van der Waals surface area contributed by atoms with E-state index in [1.54, 1.807) is 0 Å². The number of hydrogen-bond acceptors (Lipinski definition) is 8. The van der Waals surface area contributed by atoms with Crippen LogP contribution < -0.4 is 15.6 Å². The van der Waals surface area contributed by atoms with Crippen molar-refractivity contribution in [1.82, 2.24) is 9.55 Å². The number of aromatic nitrogens is 2. The zero-order chi connectivity index (χ0) is 15.7. The molecule has 4 N–H and O–H groups in total. The molecule has 0 saturated carbocycles. The summed E-state index contributed by atoms with van der Waals surface area (Å²) in [5.41, 5.74) is -0.323. The Kier molecular flexibility index (Phi) is 5.03. The molecule has 10 heteroatoms. The average Bonchev–Trinajstić information content (AvgIpc) is 2.48. The molecule has 21 heavy (non-hydrogen) atoms. The maximum atomic E-state index is 12.0. The van der Waals surface area contributed by atoms with E-state index in [-0.39, 0.29) is 27.6 Å². The van der Waals surface area contributed by atoms with Gasteiger partial charge in [0.05, 0.1) is 13.7 Å². The molecule has 2 heterocycles. The van der Waals surface area contributed by atoms with Gasteiger partial charge in [0.1, 0.15) is 21.9 Å². The first-order valence-corrected chi connectivity index (χ1v) is 7.17. The number of anilines is 1. The first kappa shape index (κ1) is 16.4. The number of rotatable bonds is 3. The van der Waals surface area contributed by atoms with Crippen LogP contribution in [0.1, 0.15) is 0 Å². The Morgan fingerprint density at radius 3 is 2.71 bits per heavy atom. The quantitative estimate of drug-likeness (QED) is 0.430. The molecule has 0 spiro atoms. The summed E-state index contributed by atoms with van der Waals surface area (Å²) in [6.45, 7) is -0.144. The third kappa shape index (κ3) is 3.13. The minimum absolute atomic E-state index is 0.0915. The molecule has 0 aromatic carbocycles. The van der Waals surface area contributed by atoms with Crippen LogP contribution in [0.4, 0.5) is 5.82 Å². The fourth-order valence-corrected chi connectivity index (χ4v) is 2.54. The van der Waals surface area contributed by atoms with E-state index >= 15 is 0 Å². The van der Waals surface area contributed by atoms with Crippen molar-refractivity contribution in [2.24, 2.45) is 7.05 Å². The molecule has 1 aliphatic heterocycles. The largest absolute Gasteiger partial charge is 0.468 e. The summed E-state index contributed by atoms with van der Waals surface area (Å²) >= 11 is 1.81. The Morgan fingerprint density at radius 1 is 1.43 bits per heavy atom. The number of aliphatic hydroxyl groups excluding tert-OH is 3. The normalized spacial score (nSPS) is 29.2. The highest BCUT2D eigenvalue weighted by molar-refractivity contribution is 14.1. The van der Waals surface area contributed by atoms with Gasteiger partial charge in [-0.25, -0.2) is 0 Å². The van der Waals surface area contributed by atoms with Crippen molar-refractivity contribution in [3.8, 4) is 6.01 Å². The van der Waals surface area contributed by atoms with Gasteiger partial charge < -0.3 is 30.1 Å². The van der Waals surface area contributed by atoms with Gasteiger partial charge in [-0.2, -0.15) is 4.98 Å². The van der Waals surface area contributed by atoms with Crippen molar-refractivity contribution in [1.29, 1.82) is 0 Å². The second-order valence-electron chi connectivity index (χ2n) is 4.57. The van der Waals surface area contributed by atoms with Gasteiger partial charge in [0.15, 0.2) is 12.0 Å². The number of nitrogens with one attached hydrogen (secondary N) is 1. The zero-order valence-electron chi connectivity index (χ0n) is 11.4. The van der Waals surface area contributed by atoms with E-state index in [0.717, 1.165) is 0 Å². The maximum Gasteiger partial charge on any atom is 0.300 e. The topological polar surface area (TPSA) is 126 Å². The van der Waals surface area contributed by atoms with E-state index in [9.17, 15) is 20.1 Å². The third-order valence-corrected chi connectivity index (χ3v) is 4.13. The lowest BCUT2D eigenvalue weighted by atomic mass is 10.0. The van der Waals surface area contributed by atoms with E-state index in [1.807, 2.05) is 22.6 Å². The summed E-state index contributed by atoms with van der Waals surface area (Å²) in [4.78, 5) is 16.1. The highest BCUT2D eigenvalue weighted by Gasteiger charge is 2.38. The Hall–Kier alpha value is -0.950. The van der Waals surface area contributed by atoms with Crippen molar-refractivity contribution >= 4 is 28.4 Å². The molecule has 118 valence electrons. The van der Waals surface area contributed by atoms with Crippen molar-refractivity contribution in [2.45, 2.75) is 24.5 Å². The number of ether oxygens (including phenoxy) is 2. The smallest absolute Gasteiger partial charge is 0.300 e. The van der Waals surface area contributed by atoms with Crippen molar-refractivity contribution in [3.05, 3.63) is 13.9 Å². The van der Waals surface area contributed by atoms with Crippen LogP contribution in [0.25, 0.3) is 0 Å². The van der Waals surface area contributed by atoms with Crippen LogP contribution in [0.3, 0.4) is 0 Å². The fraction of sp³-hybridized carbons (Fsp3) is 0.636. The highest BCUT2D eigenvalue weighted by atomic mass is 127. The number of halogens is 1. The lowest BCUT2D eigenvalue weighted by molar-refractivity contribution is -0.178. The summed E-state index contributed by atoms with van der Waals surface area (Å²) in [7, 11) is 2.90. The van der Waals surface area contributed by atoms with E-state index in [0.29, 0.717) is 0 Å². The molecule has 0 radical (unpaired) electrons. The third-order valence-electron chi connectivity index (χ3n) is 3.16. The van der Waals surface area contributed by atoms with E-state index < -0.39 is 24.5 Å². The zero-order valence-corrected chi connectivity index (χ0v) is 13.5. The summed E-state index contributed by atoms with van der Waals surface area (Å²) in [5.74, 6) is 0.170. The lowest BCUT2D eigenvalue weighted by Crippen LogP contribution is -2.55. The SMILES string of the molecule is COc1nc(N[C@@H]2OC[C@@H](O)[C@@H](O)[C@H]2O)c(I)c(=O)n1C. The van der Waals surface area contributed by atoms with Gasteiger partial charge >= 0.3 is 6.01 Å². The minimum atomic E-state index is -1.36. The molecule has 2 rings (SSSR count). The van der Waals surface area contributed by atoms with Crippen molar-refractivity contribution < 1.29 is 24.8 Å². The number of hydrogen-bond donors (Lipinski definition) is 4. The van der Waals surface area contributed by atoms with Gasteiger partial charge in [0, 0.05) is 7.05 Å². The molecule has 0 unspecified atom stereocenters. The minimum Gasteiger partial charge on any atom is -0.468 e. The van der Waals surface area contributed by atoms with Crippen molar-refractivity contribution in [3.63, 3.8) is 0 Å². The Bertz CT molecular complexity index is 580. The summed E-state index contributed by atoms with van der Waals surface area (Å²) in [6, 6.07) is 0.0915. The number of nitrogens with zero attached hydrogens (tertiary/aromatic N) is 2. The van der Waals surface area contributed by atoms with Crippen LogP contribution in [0, 0.1) is 3.57 Å². The molecule has 1 aromatic rings. The standard InChI is InChI=1S/C11H16IN3O6/c1-15-10(19)5(12)8(14-11(15)20-2)13-9-7(18)6(17)4(16)3-21-9/h4,6-7,9,13,16-18H,3H2,1-2H3/t4-,6-,7-,9-/m1/s1. The van der Waals surface area contributed by atoms with Crippen LogP contribution >= 0.6 is 22.6 Å². The first-order valence-electron chi connectivity index (χ1n) is 6.09. The van der Waals surface area contributed by atoms with Gasteiger partial charge in [0.25, 0.3) is 5.56 Å². The van der Waals surface area contributed by atoms with Gasteiger partial charge in [-0.15, -0.1) is 0 Å². The summed E-state index contributed by atoms with van der Waals surface area (Å²) < 4.78 is 11.7. The molecular formula is C11H16IN3O6. The molecule has 9 nitrogen and oxygen atoms in total. The number of methoxy groups -OCH3 is 1. The molecule has 1 fully saturated rings. The molecule has 0 amide bonds. The number of aliphatic hydroxyl groups is 3.